The van der Waals surface area contributed by atoms with E-state index >= 15 is 0 Å². The van der Waals surface area contributed by atoms with E-state index < -0.39 is 6.09 Å². The molecule has 0 unspecified atom stereocenters. The number of anilines is 1. The van der Waals surface area contributed by atoms with Gasteiger partial charge in [0.25, 0.3) is 0 Å². The number of rotatable bonds is 3. The van der Waals surface area contributed by atoms with Crippen LogP contribution in [0.4, 0.5) is 10.5 Å². The monoisotopic (exact) mass is 305 g/mol. The summed E-state index contributed by atoms with van der Waals surface area (Å²) in [7, 11) is 1.84. The highest BCUT2D eigenvalue weighted by Crippen LogP contribution is 2.29. The minimum atomic E-state index is -0.913. The zero-order valence-electron chi connectivity index (χ0n) is 12.4. The molecule has 1 aliphatic heterocycles. The molecule has 1 aliphatic rings. The quantitative estimate of drug-likeness (QED) is 0.858. The van der Waals surface area contributed by atoms with E-state index in [-0.39, 0.29) is 12.6 Å². The van der Waals surface area contributed by atoms with Crippen molar-refractivity contribution in [1.29, 1.82) is 0 Å². The molecule has 0 aliphatic carbocycles. The average molecular weight is 305 g/mol. The molecule has 1 amide bonds. The number of hydrogen-bond donors (Lipinski definition) is 2. The van der Waals surface area contributed by atoms with E-state index in [2.05, 4.69) is 15.0 Å². The second-order valence-electron chi connectivity index (χ2n) is 5.42. The van der Waals surface area contributed by atoms with Gasteiger partial charge < -0.3 is 20.0 Å². The van der Waals surface area contributed by atoms with Crippen molar-refractivity contribution in [3.63, 3.8) is 0 Å². The van der Waals surface area contributed by atoms with Gasteiger partial charge in [0.05, 0.1) is 17.3 Å². The third kappa shape index (κ3) is 2.45. The van der Waals surface area contributed by atoms with E-state index in [1.807, 2.05) is 13.1 Å². The number of nitrogens with zero attached hydrogens (tertiary/aromatic N) is 5. The summed E-state index contributed by atoms with van der Waals surface area (Å²) in [5.74, 6) is 0. The Morgan fingerprint density at radius 1 is 1.45 bits per heavy atom. The molecule has 0 radical (unpaired) electrons. The molecule has 3 heterocycles. The Morgan fingerprint density at radius 3 is 3.00 bits per heavy atom. The van der Waals surface area contributed by atoms with Crippen LogP contribution in [0.3, 0.4) is 0 Å². The van der Waals surface area contributed by atoms with Crippen LogP contribution in [-0.2, 0) is 7.05 Å². The molecular weight excluding hydrogens is 286 g/mol. The molecule has 1 fully saturated rings. The summed E-state index contributed by atoms with van der Waals surface area (Å²) in [6, 6.07) is 1.87. The molecule has 0 aromatic carbocycles. The Bertz CT molecular complexity index is 686. The summed E-state index contributed by atoms with van der Waals surface area (Å²) >= 11 is 0. The molecular formula is C14H19N5O3. The lowest BCUT2D eigenvalue weighted by atomic mass is 10.1. The van der Waals surface area contributed by atoms with Crippen molar-refractivity contribution < 1.29 is 15.0 Å². The second-order valence-corrected chi connectivity index (χ2v) is 5.42. The maximum absolute atomic E-state index is 11.2. The first-order valence-corrected chi connectivity index (χ1v) is 7.24. The Morgan fingerprint density at radius 2 is 2.27 bits per heavy atom. The average Bonchev–Trinajstić information content (AvgIpc) is 2.89. The number of carbonyl (C=O) groups is 1. The minimum Gasteiger partial charge on any atom is -0.465 e. The highest BCUT2D eigenvalue weighted by atomic mass is 16.4. The van der Waals surface area contributed by atoms with Crippen LogP contribution in [0.25, 0.3) is 11.0 Å². The van der Waals surface area contributed by atoms with Crippen LogP contribution in [0.5, 0.6) is 0 Å². The van der Waals surface area contributed by atoms with Crippen LogP contribution in [0.15, 0.2) is 18.5 Å². The topological polar surface area (TPSA) is 94.7 Å². The van der Waals surface area contributed by atoms with Crippen LogP contribution in [-0.4, -0.2) is 68.3 Å². The number of pyridine rings is 1. The maximum atomic E-state index is 11.2. The summed E-state index contributed by atoms with van der Waals surface area (Å²) in [5, 5.41) is 23.7. The van der Waals surface area contributed by atoms with Gasteiger partial charge in [0.15, 0.2) is 5.65 Å². The van der Waals surface area contributed by atoms with Gasteiger partial charge >= 0.3 is 6.09 Å². The zero-order valence-corrected chi connectivity index (χ0v) is 12.4. The van der Waals surface area contributed by atoms with Crippen molar-refractivity contribution in [3.05, 3.63) is 18.5 Å². The third-order valence-corrected chi connectivity index (χ3v) is 4.14. The SMILES string of the molecule is Cn1ncc2c(N3CCN(C(=O)O)C[C@@H]3CCO)ccnc21. The fourth-order valence-corrected chi connectivity index (χ4v) is 3.03. The van der Waals surface area contributed by atoms with Gasteiger partial charge in [-0.1, -0.05) is 0 Å². The van der Waals surface area contributed by atoms with Crippen LogP contribution in [0.1, 0.15) is 6.42 Å². The number of piperazine rings is 1. The van der Waals surface area contributed by atoms with Gasteiger partial charge in [0.1, 0.15) is 0 Å². The Kier molecular flexibility index (Phi) is 3.84. The molecule has 1 saturated heterocycles. The molecule has 118 valence electrons. The largest absolute Gasteiger partial charge is 0.465 e. The fraction of sp³-hybridized carbons (Fsp3) is 0.500. The molecule has 8 heteroatoms. The van der Waals surface area contributed by atoms with Gasteiger partial charge in [0.2, 0.25) is 0 Å². The first-order chi connectivity index (χ1) is 10.6. The highest BCUT2D eigenvalue weighted by Gasteiger charge is 2.30. The molecule has 0 saturated carbocycles. The number of aliphatic hydroxyl groups excluding tert-OH is 1. The molecule has 1 atom stereocenters. The Hall–Kier alpha value is -2.35. The van der Waals surface area contributed by atoms with Crippen molar-refractivity contribution >= 4 is 22.8 Å². The zero-order chi connectivity index (χ0) is 15.7. The Balaban J connectivity index is 1.96. The number of aryl methyl sites for hydroxylation is 1. The van der Waals surface area contributed by atoms with Crippen molar-refractivity contribution in [2.75, 3.05) is 31.1 Å². The number of aromatic nitrogens is 3. The van der Waals surface area contributed by atoms with Gasteiger partial charge in [-0.3, -0.25) is 4.68 Å². The van der Waals surface area contributed by atoms with E-state index in [0.29, 0.717) is 26.1 Å². The van der Waals surface area contributed by atoms with Gasteiger partial charge in [-0.15, -0.1) is 0 Å². The molecule has 2 N–H and O–H groups in total. The highest BCUT2D eigenvalue weighted by molar-refractivity contribution is 5.89. The molecule has 3 rings (SSSR count). The maximum Gasteiger partial charge on any atom is 0.407 e. The van der Waals surface area contributed by atoms with E-state index in [4.69, 9.17) is 0 Å². The number of fused-ring (bicyclic) bond motifs is 1. The predicted octanol–water partition coefficient (Wildman–Crippen LogP) is 0.519. The number of hydrogen-bond acceptors (Lipinski definition) is 5. The van der Waals surface area contributed by atoms with Crippen LogP contribution in [0, 0.1) is 0 Å². The predicted molar refractivity (Wildman–Crippen MR) is 80.9 cm³/mol. The summed E-state index contributed by atoms with van der Waals surface area (Å²) in [6.45, 7) is 1.45. The molecule has 2 aromatic rings. The number of aliphatic hydroxyl groups is 1. The van der Waals surface area contributed by atoms with E-state index in [9.17, 15) is 15.0 Å². The van der Waals surface area contributed by atoms with Gasteiger partial charge in [-0.2, -0.15) is 5.10 Å². The Labute approximate surface area is 127 Å². The fourth-order valence-electron chi connectivity index (χ4n) is 3.03. The first kappa shape index (κ1) is 14.6. The molecule has 8 nitrogen and oxygen atoms in total. The van der Waals surface area contributed by atoms with E-state index in [1.165, 1.54) is 4.90 Å². The van der Waals surface area contributed by atoms with Crippen LogP contribution in [0.2, 0.25) is 0 Å². The van der Waals surface area contributed by atoms with Gasteiger partial charge in [-0.25, -0.2) is 9.78 Å². The van der Waals surface area contributed by atoms with Gasteiger partial charge in [0, 0.05) is 45.5 Å². The second kappa shape index (κ2) is 5.80. The van der Waals surface area contributed by atoms with Crippen LogP contribution < -0.4 is 4.90 Å². The van der Waals surface area contributed by atoms with E-state index in [0.717, 1.165) is 16.7 Å². The summed E-state index contributed by atoms with van der Waals surface area (Å²) in [6.07, 6.45) is 3.12. The first-order valence-electron chi connectivity index (χ1n) is 7.24. The smallest absolute Gasteiger partial charge is 0.407 e. The summed E-state index contributed by atoms with van der Waals surface area (Å²) in [5.41, 5.74) is 1.78. The minimum absolute atomic E-state index is 0.0237. The van der Waals surface area contributed by atoms with Crippen molar-refractivity contribution in [2.24, 2.45) is 7.05 Å². The summed E-state index contributed by atoms with van der Waals surface area (Å²) < 4.78 is 1.72. The van der Waals surface area contributed by atoms with E-state index in [1.54, 1.807) is 17.1 Å². The lowest BCUT2D eigenvalue weighted by Crippen LogP contribution is -2.55. The lowest BCUT2D eigenvalue weighted by molar-refractivity contribution is 0.130. The lowest BCUT2D eigenvalue weighted by Gasteiger charge is -2.41. The molecule has 0 bridgehead atoms. The van der Waals surface area contributed by atoms with Crippen molar-refractivity contribution in [3.8, 4) is 0 Å². The number of carboxylic acid groups (broad SMARTS) is 1. The summed E-state index contributed by atoms with van der Waals surface area (Å²) in [4.78, 5) is 19.1. The molecule has 0 spiro atoms. The molecule has 22 heavy (non-hydrogen) atoms. The molecule has 2 aromatic heterocycles. The normalized spacial score (nSPS) is 18.9. The standard InChI is InChI=1S/C14H19N5O3/c1-17-13-11(8-16-17)12(2-4-15-13)19-6-5-18(14(21)22)9-10(19)3-7-20/h2,4,8,10,20H,3,5-7,9H2,1H3,(H,21,22)/t10-/m0/s1. The van der Waals surface area contributed by atoms with Crippen LogP contribution >= 0.6 is 0 Å². The van der Waals surface area contributed by atoms with Gasteiger partial charge in [-0.05, 0) is 12.5 Å². The third-order valence-electron chi connectivity index (χ3n) is 4.14. The number of amides is 1. The van der Waals surface area contributed by atoms with Crippen molar-refractivity contribution in [1.82, 2.24) is 19.7 Å². The van der Waals surface area contributed by atoms with Crippen molar-refractivity contribution in [2.45, 2.75) is 12.5 Å².